The summed E-state index contributed by atoms with van der Waals surface area (Å²) in [5.74, 6) is 0.523. The van der Waals surface area contributed by atoms with Gasteiger partial charge in [-0.25, -0.2) is 4.79 Å². The lowest BCUT2D eigenvalue weighted by molar-refractivity contribution is -0.210. The number of para-hydroxylation sites is 1. The van der Waals surface area contributed by atoms with Crippen molar-refractivity contribution in [1.82, 2.24) is 30.2 Å². The second-order valence-corrected chi connectivity index (χ2v) is 10.9. The van der Waals surface area contributed by atoms with E-state index in [-0.39, 0.29) is 6.10 Å². The lowest BCUT2D eigenvalue weighted by Gasteiger charge is -2.23. The number of tetrazole rings is 1. The first-order valence-electron chi connectivity index (χ1n) is 15.2. The lowest BCUT2D eigenvalue weighted by atomic mass is 9.98. The highest BCUT2D eigenvalue weighted by molar-refractivity contribution is 5.82. The topological polar surface area (TPSA) is 146 Å². The Morgan fingerprint density at radius 2 is 1.80 bits per heavy atom. The summed E-state index contributed by atoms with van der Waals surface area (Å²) in [6, 6.07) is 21.8. The van der Waals surface area contributed by atoms with Gasteiger partial charge in [0, 0.05) is 11.1 Å². The first-order valence-corrected chi connectivity index (χ1v) is 15.2. The van der Waals surface area contributed by atoms with Gasteiger partial charge in [-0.3, -0.25) is 4.57 Å². The second-order valence-electron chi connectivity index (χ2n) is 10.9. The number of rotatable bonds is 11. The van der Waals surface area contributed by atoms with E-state index in [1.54, 1.807) is 19.1 Å². The molecule has 1 fully saturated rings. The van der Waals surface area contributed by atoms with E-state index in [4.69, 9.17) is 18.9 Å². The number of fused-ring (bicyclic) bond motifs is 1. The maximum Gasteiger partial charge on any atom is 0.510 e. The van der Waals surface area contributed by atoms with E-state index < -0.39 is 18.7 Å². The maximum absolute atomic E-state index is 12.3. The molecule has 12 nitrogen and oxygen atoms in total. The predicted octanol–water partition coefficient (Wildman–Crippen LogP) is 6.17. The van der Waals surface area contributed by atoms with Crippen molar-refractivity contribution in [2.24, 2.45) is 0 Å². The van der Waals surface area contributed by atoms with E-state index in [1.165, 1.54) is 0 Å². The van der Waals surface area contributed by atoms with Crippen molar-refractivity contribution in [3.8, 4) is 28.5 Å². The summed E-state index contributed by atoms with van der Waals surface area (Å²) in [7, 11) is 0. The Labute approximate surface area is 260 Å². The molecule has 0 amide bonds. The quantitative estimate of drug-likeness (QED) is 0.131. The summed E-state index contributed by atoms with van der Waals surface area (Å²) in [6.45, 7) is 4.27. The van der Waals surface area contributed by atoms with Crippen molar-refractivity contribution in [1.29, 1.82) is 0 Å². The Morgan fingerprint density at radius 3 is 2.53 bits per heavy atom. The van der Waals surface area contributed by atoms with Crippen molar-refractivity contribution < 1.29 is 28.8 Å². The normalized spacial score (nSPS) is 15.1. The minimum Gasteiger partial charge on any atom is -0.465 e. The van der Waals surface area contributed by atoms with Crippen molar-refractivity contribution >= 4 is 17.2 Å². The number of benzene rings is 3. The molecule has 0 radical (unpaired) electrons. The van der Waals surface area contributed by atoms with Gasteiger partial charge in [-0.15, -0.1) is 10.2 Å². The molecule has 45 heavy (non-hydrogen) atoms. The van der Waals surface area contributed by atoms with Gasteiger partial charge in [0.2, 0.25) is 12.1 Å². The van der Waals surface area contributed by atoms with Crippen molar-refractivity contribution in [2.75, 3.05) is 6.61 Å². The predicted molar refractivity (Wildman–Crippen MR) is 165 cm³/mol. The van der Waals surface area contributed by atoms with Crippen molar-refractivity contribution in [3.63, 3.8) is 0 Å². The van der Waals surface area contributed by atoms with Gasteiger partial charge >= 0.3 is 6.16 Å². The molecule has 1 saturated carbocycles. The van der Waals surface area contributed by atoms with Crippen LogP contribution in [0.2, 0.25) is 0 Å². The van der Waals surface area contributed by atoms with Crippen LogP contribution < -0.4 is 4.74 Å². The summed E-state index contributed by atoms with van der Waals surface area (Å²) in [5.41, 5.74) is 5.59. The van der Waals surface area contributed by atoms with Crippen LogP contribution in [-0.2, 0) is 20.8 Å². The number of hydrogen-bond acceptors (Lipinski definition) is 10. The number of aromatic nitrogens is 6. The minimum atomic E-state index is -1.40. The highest BCUT2D eigenvalue weighted by Crippen LogP contribution is 2.33. The molecular formula is C33H36N6O6. The lowest BCUT2D eigenvalue weighted by Crippen LogP contribution is -2.26. The maximum atomic E-state index is 12.3. The van der Waals surface area contributed by atoms with Gasteiger partial charge in [-0.1, -0.05) is 67.1 Å². The standard InChI is InChI=1S/C33H36N6O6/c1-3-42-32-34-28-15-9-14-27(31(40)43-21(2)44-33(41)45-24-10-5-4-6-11-24)29(28)39(32)20-22-16-18-23(19-17-22)25-12-7-8-13-26(25)30-35-37-38-36-30/h7-9,12-19,21,24,31,40H,3-6,10-11,20H2,1-2H3,(H,35,36,37,38). The molecule has 6 rings (SSSR count). The van der Waals surface area contributed by atoms with E-state index in [0.29, 0.717) is 41.6 Å². The molecule has 1 aliphatic rings. The zero-order valence-corrected chi connectivity index (χ0v) is 25.3. The number of carbonyl (C=O) groups is 1. The largest absolute Gasteiger partial charge is 0.510 e. The Morgan fingerprint density at radius 1 is 1.02 bits per heavy atom. The van der Waals surface area contributed by atoms with E-state index in [9.17, 15) is 9.90 Å². The zero-order valence-electron chi connectivity index (χ0n) is 25.3. The number of aliphatic hydroxyl groups is 1. The van der Waals surface area contributed by atoms with Crippen LogP contribution in [0.3, 0.4) is 0 Å². The van der Waals surface area contributed by atoms with Gasteiger partial charge < -0.3 is 24.1 Å². The number of H-pyrrole nitrogens is 1. The molecule has 3 aromatic carbocycles. The molecule has 1 aliphatic carbocycles. The molecule has 5 aromatic rings. The van der Waals surface area contributed by atoms with Crippen molar-refractivity contribution in [2.45, 2.75) is 71.2 Å². The van der Waals surface area contributed by atoms with Crippen LogP contribution in [0.4, 0.5) is 4.79 Å². The van der Waals surface area contributed by atoms with Gasteiger partial charge in [0.05, 0.1) is 24.2 Å². The number of ether oxygens (including phenoxy) is 4. The number of aliphatic hydroxyl groups excluding tert-OH is 1. The molecule has 2 atom stereocenters. The van der Waals surface area contributed by atoms with E-state index in [0.717, 1.165) is 54.4 Å². The number of nitrogens with zero attached hydrogens (tertiary/aromatic N) is 5. The molecule has 2 heterocycles. The van der Waals surface area contributed by atoms with E-state index >= 15 is 0 Å². The van der Waals surface area contributed by atoms with Gasteiger partial charge in [0.25, 0.3) is 6.01 Å². The smallest absolute Gasteiger partial charge is 0.465 e. The molecule has 2 N–H and O–H groups in total. The molecule has 0 spiro atoms. The van der Waals surface area contributed by atoms with Crippen LogP contribution in [0.15, 0.2) is 66.7 Å². The first-order chi connectivity index (χ1) is 22.0. The average molecular weight is 613 g/mol. The molecule has 12 heteroatoms. The number of nitrogens with one attached hydrogen (secondary N) is 1. The summed E-state index contributed by atoms with van der Waals surface area (Å²) in [5, 5.41) is 25.7. The van der Waals surface area contributed by atoms with Crippen LogP contribution in [0.25, 0.3) is 33.5 Å². The fraction of sp³-hybridized carbons (Fsp3) is 0.364. The van der Waals surface area contributed by atoms with Crippen LogP contribution in [0.5, 0.6) is 6.01 Å². The average Bonchev–Trinajstić information content (AvgIpc) is 3.71. The van der Waals surface area contributed by atoms with E-state index in [2.05, 4.69) is 25.6 Å². The van der Waals surface area contributed by atoms with E-state index in [1.807, 2.05) is 66.1 Å². The summed E-state index contributed by atoms with van der Waals surface area (Å²) < 4.78 is 24.3. The molecule has 2 unspecified atom stereocenters. The first kappa shape index (κ1) is 30.2. The van der Waals surface area contributed by atoms with Crippen LogP contribution in [0, 0.1) is 0 Å². The van der Waals surface area contributed by atoms with Gasteiger partial charge in [-0.05, 0) is 67.5 Å². The molecule has 234 valence electrons. The molecule has 0 bridgehead atoms. The monoisotopic (exact) mass is 612 g/mol. The van der Waals surface area contributed by atoms with Crippen molar-refractivity contribution in [3.05, 3.63) is 77.9 Å². The van der Waals surface area contributed by atoms with Gasteiger partial charge in [-0.2, -0.15) is 10.2 Å². The SMILES string of the molecule is CCOc1nc2cccc(C(O)OC(C)OC(=O)OC3CCCCC3)c2n1Cc1ccc(-c2ccccc2-c2nn[nH]n2)cc1. The van der Waals surface area contributed by atoms with Crippen LogP contribution in [0.1, 0.15) is 63.4 Å². The molecular weight excluding hydrogens is 576 g/mol. The fourth-order valence-electron chi connectivity index (χ4n) is 5.72. The van der Waals surface area contributed by atoms with Gasteiger partial charge in [0.1, 0.15) is 6.10 Å². The third kappa shape index (κ3) is 6.97. The fourth-order valence-corrected chi connectivity index (χ4v) is 5.72. The minimum absolute atomic E-state index is 0.141. The number of aromatic amines is 1. The second kappa shape index (κ2) is 13.9. The molecule has 0 aliphatic heterocycles. The van der Waals surface area contributed by atoms with Crippen LogP contribution >= 0.6 is 0 Å². The highest BCUT2D eigenvalue weighted by Gasteiger charge is 2.25. The van der Waals surface area contributed by atoms with Crippen LogP contribution in [-0.4, -0.2) is 60.4 Å². The Hall–Kier alpha value is -4.81. The summed E-state index contributed by atoms with van der Waals surface area (Å²) in [4.78, 5) is 17.0. The molecule has 2 aromatic heterocycles. The third-order valence-electron chi connectivity index (χ3n) is 7.82. The summed E-state index contributed by atoms with van der Waals surface area (Å²) >= 11 is 0. The Bertz CT molecular complexity index is 1720. The Balaban J connectivity index is 1.22. The molecule has 0 saturated heterocycles. The summed E-state index contributed by atoms with van der Waals surface area (Å²) in [6.07, 6.45) is 1.49. The zero-order chi connectivity index (χ0) is 31.2. The third-order valence-corrected chi connectivity index (χ3v) is 7.82. The number of hydrogen-bond donors (Lipinski definition) is 2. The van der Waals surface area contributed by atoms with Gasteiger partial charge in [0.15, 0.2) is 6.29 Å². The number of carbonyl (C=O) groups excluding carboxylic acids is 1. The number of imidazole rings is 1. The highest BCUT2D eigenvalue weighted by atomic mass is 16.8. The Kier molecular flexibility index (Phi) is 9.32.